The number of nitrogens with two attached hydrogens (primary N) is 3. The topological polar surface area (TPSA) is 137 Å². The van der Waals surface area contributed by atoms with Crippen LogP contribution >= 0.6 is 0 Å². The molecule has 3 atom stereocenters. The molecule has 7 N–H and O–H groups in total. The van der Waals surface area contributed by atoms with Crippen LogP contribution in [-0.4, -0.2) is 42.2 Å². The van der Waals surface area contributed by atoms with Crippen molar-refractivity contribution in [3.8, 4) is 0 Å². The molecular formula is C20H31N5O2. The monoisotopic (exact) mass is 373 g/mol. The van der Waals surface area contributed by atoms with Crippen LogP contribution in [0.3, 0.4) is 0 Å². The number of carbonyl (C=O) groups excluding carboxylic acids is 2. The van der Waals surface area contributed by atoms with E-state index in [9.17, 15) is 9.59 Å². The van der Waals surface area contributed by atoms with Gasteiger partial charge in [-0.2, -0.15) is 0 Å². The van der Waals surface area contributed by atoms with Gasteiger partial charge in [0.15, 0.2) is 17.5 Å². The number of carbonyl (C=O) groups is 2. The first-order chi connectivity index (χ1) is 12.9. The highest BCUT2D eigenvalue weighted by molar-refractivity contribution is 5.95. The zero-order valence-corrected chi connectivity index (χ0v) is 15.9. The molecule has 1 rings (SSSR count). The minimum atomic E-state index is -0.633. The minimum Gasteiger partial charge on any atom is -0.370 e. The van der Waals surface area contributed by atoms with E-state index in [4.69, 9.17) is 17.2 Å². The normalized spacial score (nSPS) is 14.0. The van der Waals surface area contributed by atoms with Crippen LogP contribution in [0.1, 0.15) is 31.7 Å². The minimum absolute atomic E-state index is 0.0167. The lowest BCUT2D eigenvalue weighted by Gasteiger charge is -2.25. The fourth-order valence-corrected chi connectivity index (χ4v) is 2.82. The van der Waals surface area contributed by atoms with Crippen molar-refractivity contribution in [3.63, 3.8) is 0 Å². The summed E-state index contributed by atoms with van der Waals surface area (Å²) in [5.41, 5.74) is 17.7. The first kappa shape index (κ1) is 22.5. The van der Waals surface area contributed by atoms with Gasteiger partial charge < -0.3 is 17.2 Å². The second-order valence-corrected chi connectivity index (χ2v) is 6.43. The molecule has 3 unspecified atom stereocenters. The van der Waals surface area contributed by atoms with Crippen LogP contribution in [-0.2, 0) is 16.0 Å². The molecular weight excluding hydrogens is 342 g/mol. The number of hydrogen-bond donors (Lipinski definition) is 4. The first-order valence-corrected chi connectivity index (χ1v) is 9.20. The quantitative estimate of drug-likeness (QED) is 0.174. The zero-order chi connectivity index (χ0) is 20.2. The second-order valence-electron chi connectivity index (χ2n) is 6.43. The fraction of sp³-hybridized carbons (Fsp3) is 0.450. The average Bonchev–Trinajstić information content (AvgIpc) is 2.67. The highest BCUT2D eigenvalue weighted by atomic mass is 16.1. The van der Waals surface area contributed by atoms with Gasteiger partial charge in [0.05, 0.1) is 18.1 Å². The molecule has 0 aliphatic rings. The number of guanidine groups is 1. The third-order valence-corrected chi connectivity index (χ3v) is 4.31. The average molecular weight is 374 g/mol. The molecule has 0 saturated carbocycles. The highest BCUT2D eigenvalue weighted by Gasteiger charge is 2.27. The van der Waals surface area contributed by atoms with E-state index in [1.165, 1.54) is 6.08 Å². The predicted molar refractivity (Wildman–Crippen MR) is 109 cm³/mol. The number of nitrogens with one attached hydrogen (secondary N) is 1. The van der Waals surface area contributed by atoms with E-state index in [-0.39, 0.29) is 17.5 Å². The lowest BCUT2D eigenvalue weighted by atomic mass is 9.95. The number of Topliss-reactive ketones (excluding diaryl/α,β-unsaturated/α-hetero) is 1. The van der Waals surface area contributed by atoms with E-state index in [2.05, 4.69) is 16.9 Å². The van der Waals surface area contributed by atoms with E-state index in [1.54, 1.807) is 0 Å². The Kier molecular flexibility index (Phi) is 10.00. The van der Waals surface area contributed by atoms with E-state index in [1.807, 2.05) is 37.3 Å². The van der Waals surface area contributed by atoms with Crippen molar-refractivity contribution in [2.75, 3.05) is 6.54 Å². The number of nitrogens with zero attached hydrogens (tertiary/aromatic N) is 1. The Morgan fingerprint density at radius 2 is 1.89 bits per heavy atom. The maximum atomic E-state index is 12.8. The number of ketones is 2. The Morgan fingerprint density at radius 3 is 2.44 bits per heavy atom. The standard InChI is InChI=1S/C20H31N5O2/c1-3-16(19(27)15(21)13-14-9-6-5-7-10-14)25-17(18(26)4-2)11-8-12-24-20(22)23/h4-7,9-10,15-17,25H,2-3,8,11-13,21H2,1H3,(H4,22,23,24). The first-order valence-electron chi connectivity index (χ1n) is 9.20. The van der Waals surface area contributed by atoms with Crippen LogP contribution in [0.15, 0.2) is 48.0 Å². The Hall–Kier alpha value is -2.51. The van der Waals surface area contributed by atoms with E-state index in [0.29, 0.717) is 32.2 Å². The van der Waals surface area contributed by atoms with Gasteiger partial charge in [-0.3, -0.25) is 19.9 Å². The van der Waals surface area contributed by atoms with Crippen LogP contribution in [0.25, 0.3) is 0 Å². The predicted octanol–water partition coefficient (Wildman–Crippen LogP) is 0.671. The summed E-state index contributed by atoms with van der Waals surface area (Å²) in [6, 6.07) is 7.97. The maximum absolute atomic E-state index is 12.8. The Morgan fingerprint density at radius 1 is 1.22 bits per heavy atom. The molecule has 0 spiro atoms. The Bertz CT molecular complexity index is 641. The summed E-state index contributed by atoms with van der Waals surface area (Å²) in [5, 5.41) is 3.15. The molecule has 0 bridgehead atoms. The van der Waals surface area contributed by atoms with Gasteiger partial charge in [-0.1, -0.05) is 43.8 Å². The van der Waals surface area contributed by atoms with Crippen molar-refractivity contribution in [1.82, 2.24) is 5.32 Å². The van der Waals surface area contributed by atoms with Crippen LogP contribution in [0.5, 0.6) is 0 Å². The van der Waals surface area contributed by atoms with Crippen LogP contribution in [0.2, 0.25) is 0 Å². The zero-order valence-electron chi connectivity index (χ0n) is 15.9. The van der Waals surface area contributed by atoms with E-state index in [0.717, 1.165) is 5.56 Å². The molecule has 1 aromatic rings. The van der Waals surface area contributed by atoms with E-state index >= 15 is 0 Å². The van der Waals surface area contributed by atoms with Crippen LogP contribution < -0.4 is 22.5 Å². The van der Waals surface area contributed by atoms with Crippen molar-refractivity contribution in [2.45, 2.75) is 50.7 Å². The van der Waals surface area contributed by atoms with Gasteiger partial charge in [0.25, 0.3) is 0 Å². The molecule has 7 nitrogen and oxygen atoms in total. The summed E-state index contributed by atoms with van der Waals surface area (Å²) in [6.45, 7) is 5.85. The molecule has 0 aliphatic carbocycles. The number of aliphatic imine (C=N–C) groups is 1. The Balaban J connectivity index is 2.71. The summed E-state index contributed by atoms with van der Waals surface area (Å²) in [5.74, 6) is -0.252. The lowest BCUT2D eigenvalue weighted by Crippen LogP contribution is -2.51. The van der Waals surface area contributed by atoms with Gasteiger partial charge in [0.2, 0.25) is 0 Å². The molecule has 27 heavy (non-hydrogen) atoms. The summed E-state index contributed by atoms with van der Waals surface area (Å²) in [7, 11) is 0. The Labute approximate surface area is 161 Å². The summed E-state index contributed by atoms with van der Waals surface area (Å²) < 4.78 is 0. The fourth-order valence-electron chi connectivity index (χ4n) is 2.82. The van der Waals surface area contributed by atoms with Crippen LogP contribution in [0, 0.1) is 0 Å². The smallest absolute Gasteiger partial charge is 0.185 e. The SMILES string of the molecule is C=CC(=O)C(CCCN=C(N)N)NC(CC)C(=O)C(N)Cc1ccccc1. The highest BCUT2D eigenvalue weighted by Crippen LogP contribution is 2.09. The molecule has 1 aromatic carbocycles. The van der Waals surface area contributed by atoms with Gasteiger partial charge >= 0.3 is 0 Å². The van der Waals surface area contributed by atoms with Crippen LogP contribution in [0.4, 0.5) is 0 Å². The van der Waals surface area contributed by atoms with Crippen molar-refractivity contribution in [2.24, 2.45) is 22.2 Å². The molecule has 0 aliphatic heterocycles. The summed E-state index contributed by atoms with van der Waals surface area (Å²) >= 11 is 0. The van der Waals surface area contributed by atoms with Gasteiger partial charge in [-0.25, -0.2) is 0 Å². The summed E-state index contributed by atoms with van der Waals surface area (Å²) in [6.07, 6.45) is 3.37. The second kappa shape index (κ2) is 12.0. The molecule has 0 radical (unpaired) electrons. The van der Waals surface area contributed by atoms with Crippen molar-refractivity contribution < 1.29 is 9.59 Å². The summed E-state index contributed by atoms with van der Waals surface area (Å²) in [4.78, 5) is 28.8. The van der Waals surface area contributed by atoms with Crippen molar-refractivity contribution in [1.29, 1.82) is 0 Å². The van der Waals surface area contributed by atoms with Gasteiger partial charge in [-0.05, 0) is 37.3 Å². The van der Waals surface area contributed by atoms with Gasteiger partial charge in [-0.15, -0.1) is 0 Å². The molecule has 7 heteroatoms. The number of benzene rings is 1. The molecule has 148 valence electrons. The lowest BCUT2D eigenvalue weighted by molar-refractivity contribution is -0.123. The number of rotatable bonds is 13. The molecule has 0 fully saturated rings. The molecule has 0 aromatic heterocycles. The third-order valence-electron chi connectivity index (χ3n) is 4.31. The third kappa shape index (κ3) is 8.15. The van der Waals surface area contributed by atoms with Gasteiger partial charge in [0, 0.05) is 6.54 Å². The molecule has 0 amide bonds. The van der Waals surface area contributed by atoms with Gasteiger partial charge in [0.1, 0.15) is 0 Å². The van der Waals surface area contributed by atoms with Crippen molar-refractivity contribution in [3.05, 3.63) is 48.6 Å². The maximum Gasteiger partial charge on any atom is 0.185 e. The number of hydrogen-bond acceptors (Lipinski definition) is 5. The largest absolute Gasteiger partial charge is 0.370 e. The van der Waals surface area contributed by atoms with Crippen molar-refractivity contribution >= 4 is 17.5 Å². The molecule has 0 heterocycles. The van der Waals surface area contributed by atoms with E-state index < -0.39 is 18.1 Å². The molecule has 0 saturated heterocycles.